The van der Waals surface area contributed by atoms with Crippen LogP contribution in [0, 0.1) is 5.41 Å². The Hall–Kier alpha value is -2.18. The SMILES string of the molecule is C[C@H](NP(=S)(OC[C@H]1O[C@@H](N2C=CC(=O)CC2=O)[C@](C)(O)[C@@H]1O)Oc1ccccc1)C(=O)OCC(C)(C)C. The van der Waals surface area contributed by atoms with Gasteiger partial charge < -0.3 is 28.7 Å². The molecule has 1 fully saturated rings. The van der Waals surface area contributed by atoms with E-state index in [1.807, 2.05) is 20.8 Å². The van der Waals surface area contributed by atoms with Gasteiger partial charge >= 0.3 is 12.6 Å². The van der Waals surface area contributed by atoms with Gasteiger partial charge in [-0.25, -0.2) is 5.09 Å². The monoisotopic (exact) mass is 570 g/mol. The number of para-hydroxylation sites is 1. The summed E-state index contributed by atoms with van der Waals surface area (Å²) in [6, 6.07) is 7.75. The summed E-state index contributed by atoms with van der Waals surface area (Å²) in [7, 11) is 0. The third-order valence-electron chi connectivity index (χ3n) is 5.77. The Balaban J connectivity index is 1.74. The molecular weight excluding hydrogens is 535 g/mol. The number of aliphatic hydroxyl groups is 2. The summed E-state index contributed by atoms with van der Waals surface area (Å²) < 4.78 is 23.1. The van der Waals surface area contributed by atoms with Crippen molar-refractivity contribution < 1.29 is 43.1 Å². The molecular formula is C25H35N2O9PS. The number of nitrogens with one attached hydrogen (secondary N) is 1. The second-order valence-corrected chi connectivity index (χ2v) is 13.8. The number of esters is 1. The first-order valence-corrected chi connectivity index (χ1v) is 14.8. The third kappa shape index (κ3) is 7.69. The molecule has 6 atom stereocenters. The maximum atomic E-state index is 12.6. The average Bonchev–Trinajstić information content (AvgIpc) is 3.04. The van der Waals surface area contributed by atoms with E-state index in [-0.39, 0.29) is 30.8 Å². The van der Waals surface area contributed by atoms with E-state index in [0.717, 1.165) is 4.90 Å². The maximum Gasteiger partial charge on any atom is 0.323 e. The molecule has 2 heterocycles. The number of ether oxygens (including phenoxy) is 2. The molecule has 1 aromatic rings. The summed E-state index contributed by atoms with van der Waals surface area (Å²) in [4.78, 5) is 37.6. The lowest BCUT2D eigenvalue weighted by atomic mass is 9.95. The fraction of sp³-hybridized carbons (Fsp3) is 0.560. The molecule has 210 valence electrons. The van der Waals surface area contributed by atoms with Gasteiger partial charge in [-0.05, 0) is 49.3 Å². The largest absolute Gasteiger partial charge is 0.464 e. The molecule has 1 saturated heterocycles. The Bertz CT molecular complexity index is 1110. The highest BCUT2D eigenvalue weighted by atomic mass is 32.5. The van der Waals surface area contributed by atoms with Crippen molar-refractivity contribution in [3.05, 3.63) is 42.6 Å². The van der Waals surface area contributed by atoms with Gasteiger partial charge in [0.2, 0.25) is 5.91 Å². The van der Waals surface area contributed by atoms with Crippen LogP contribution in [0.5, 0.6) is 5.75 Å². The normalized spacial score (nSPS) is 28.2. The minimum Gasteiger partial charge on any atom is -0.464 e. The molecule has 0 saturated carbocycles. The second kappa shape index (κ2) is 11.9. The number of hydrogen-bond donors (Lipinski definition) is 3. The molecule has 0 aromatic heterocycles. The molecule has 1 aromatic carbocycles. The number of allylic oxidation sites excluding steroid dienone is 1. The van der Waals surface area contributed by atoms with E-state index >= 15 is 0 Å². The van der Waals surface area contributed by atoms with Crippen LogP contribution in [0.15, 0.2) is 42.6 Å². The van der Waals surface area contributed by atoms with Crippen molar-refractivity contribution in [1.29, 1.82) is 0 Å². The third-order valence-corrected chi connectivity index (χ3v) is 8.27. The standard InChI is InChI=1S/C25H35N2O9PS/c1-16(22(31)33-15-24(2,3)4)26-37(38,36-18-9-7-6-8-10-18)34-14-19-21(30)25(5,32)23(35-19)27-12-11-17(28)13-20(27)29/h6-12,16,19,21,23,30,32H,13-15H2,1-5H3,(H,26,38)/t16-,19+,21+,23+,25+,37?/m0/s1. The van der Waals surface area contributed by atoms with Gasteiger partial charge in [0.25, 0.3) is 0 Å². The van der Waals surface area contributed by atoms with E-state index in [1.54, 1.807) is 37.3 Å². The first-order valence-electron chi connectivity index (χ1n) is 12.1. The van der Waals surface area contributed by atoms with Crippen LogP contribution in [0.4, 0.5) is 0 Å². The van der Waals surface area contributed by atoms with Gasteiger partial charge in [0.1, 0.15) is 29.6 Å². The van der Waals surface area contributed by atoms with E-state index in [1.165, 1.54) is 19.2 Å². The number of benzene rings is 1. The van der Waals surface area contributed by atoms with Crippen LogP contribution < -0.4 is 9.61 Å². The molecule has 0 spiro atoms. The predicted molar refractivity (Wildman–Crippen MR) is 141 cm³/mol. The van der Waals surface area contributed by atoms with Crippen molar-refractivity contribution in [3.63, 3.8) is 0 Å². The van der Waals surface area contributed by atoms with Crippen molar-refractivity contribution in [2.75, 3.05) is 13.2 Å². The molecule has 2 aliphatic rings. The van der Waals surface area contributed by atoms with E-state index < -0.39 is 48.6 Å². The molecule has 0 bridgehead atoms. The Labute approximate surface area is 227 Å². The van der Waals surface area contributed by atoms with Gasteiger partial charge in [0, 0.05) is 6.20 Å². The van der Waals surface area contributed by atoms with Gasteiger partial charge in [-0.2, -0.15) is 0 Å². The van der Waals surface area contributed by atoms with E-state index in [4.69, 9.17) is 30.3 Å². The molecule has 0 aliphatic carbocycles. The molecule has 11 nitrogen and oxygen atoms in total. The van der Waals surface area contributed by atoms with Gasteiger partial charge in [-0.1, -0.05) is 39.0 Å². The zero-order valence-corrected chi connectivity index (χ0v) is 23.7. The molecule has 0 radical (unpaired) electrons. The first kappa shape index (κ1) is 30.4. The van der Waals surface area contributed by atoms with Crippen molar-refractivity contribution in [2.45, 2.75) is 71.1 Å². The quantitative estimate of drug-likeness (QED) is 0.216. The molecule has 1 amide bonds. The average molecular weight is 571 g/mol. The highest BCUT2D eigenvalue weighted by Crippen LogP contribution is 2.46. The Morgan fingerprint density at radius 3 is 2.58 bits per heavy atom. The van der Waals surface area contributed by atoms with Crippen molar-refractivity contribution in [1.82, 2.24) is 9.99 Å². The van der Waals surface area contributed by atoms with E-state index in [0.29, 0.717) is 5.75 Å². The molecule has 1 unspecified atom stereocenters. The van der Waals surface area contributed by atoms with Crippen molar-refractivity contribution >= 4 is 36.1 Å². The number of amides is 1. The Morgan fingerprint density at radius 2 is 1.97 bits per heavy atom. The minimum absolute atomic E-state index is 0.203. The smallest absolute Gasteiger partial charge is 0.323 e. The van der Waals surface area contributed by atoms with Gasteiger partial charge in [0.15, 0.2) is 12.0 Å². The Kier molecular flexibility index (Phi) is 9.52. The van der Waals surface area contributed by atoms with E-state index in [9.17, 15) is 24.6 Å². The van der Waals surface area contributed by atoms with E-state index in [2.05, 4.69) is 5.09 Å². The second-order valence-electron chi connectivity index (χ2n) is 10.7. The first-order chi connectivity index (χ1) is 17.6. The summed E-state index contributed by atoms with van der Waals surface area (Å²) in [5.41, 5.74) is -2.11. The van der Waals surface area contributed by atoms with Crippen LogP contribution in [0.3, 0.4) is 0 Å². The number of rotatable bonds is 10. The number of carbonyl (C=O) groups excluding carboxylic acids is 3. The van der Waals surface area contributed by atoms with Crippen molar-refractivity contribution in [2.24, 2.45) is 5.41 Å². The summed E-state index contributed by atoms with van der Waals surface area (Å²) in [5.74, 6) is -1.09. The Morgan fingerprint density at radius 1 is 1.32 bits per heavy atom. The number of aliphatic hydroxyl groups excluding tert-OH is 1. The summed E-state index contributed by atoms with van der Waals surface area (Å²) in [6.07, 6.45) is -1.80. The van der Waals surface area contributed by atoms with Crippen LogP contribution in [-0.2, 0) is 40.2 Å². The lowest BCUT2D eigenvalue weighted by Crippen LogP contribution is -2.54. The fourth-order valence-electron chi connectivity index (χ4n) is 3.72. The number of ketones is 1. The fourth-order valence-corrected chi connectivity index (χ4v) is 6.13. The lowest BCUT2D eigenvalue weighted by Gasteiger charge is -2.34. The molecule has 38 heavy (non-hydrogen) atoms. The van der Waals surface area contributed by atoms with Gasteiger partial charge in [-0.15, -0.1) is 0 Å². The molecule has 3 rings (SSSR count). The zero-order valence-electron chi connectivity index (χ0n) is 22.0. The van der Waals surface area contributed by atoms with Crippen LogP contribution in [0.1, 0.15) is 41.0 Å². The zero-order chi connectivity index (χ0) is 28.3. The topological polar surface area (TPSA) is 144 Å². The minimum atomic E-state index is -3.44. The van der Waals surface area contributed by atoms with Gasteiger partial charge in [0.05, 0.1) is 19.6 Å². The van der Waals surface area contributed by atoms with Crippen LogP contribution in [0.25, 0.3) is 0 Å². The lowest BCUT2D eigenvalue weighted by molar-refractivity contribution is -0.158. The van der Waals surface area contributed by atoms with Crippen LogP contribution in [-0.4, -0.2) is 76.1 Å². The summed E-state index contributed by atoms with van der Waals surface area (Å²) >= 11 is 5.69. The molecule has 13 heteroatoms. The highest BCUT2D eigenvalue weighted by Gasteiger charge is 2.55. The van der Waals surface area contributed by atoms with Crippen molar-refractivity contribution in [3.8, 4) is 5.75 Å². The molecule has 2 aliphatic heterocycles. The molecule has 3 N–H and O–H groups in total. The summed E-state index contributed by atoms with van der Waals surface area (Å²) in [6.45, 7) is 5.13. The number of nitrogens with zero attached hydrogens (tertiary/aromatic N) is 1. The number of carbonyl (C=O) groups is 3. The maximum absolute atomic E-state index is 12.6. The number of hydrogen-bond acceptors (Lipinski definition) is 10. The van der Waals surface area contributed by atoms with Gasteiger partial charge in [-0.3, -0.25) is 19.3 Å². The van der Waals surface area contributed by atoms with Crippen LogP contribution in [0.2, 0.25) is 0 Å². The van der Waals surface area contributed by atoms with Crippen LogP contribution >= 0.6 is 6.64 Å². The summed E-state index contributed by atoms with van der Waals surface area (Å²) in [5, 5.41) is 24.7. The predicted octanol–water partition coefficient (Wildman–Crippen LogP) is 2.03. The highest BCUT2D eigenvalue weighted by molar-refractivity contribution is 8.09.